The molecule has 1 aromatic heterocycles. The van der Waals surface area contributed by atoms with Gasteiger partial charge in [0.25, 0.3) is 0 Å². The minimum Gasteiger partial charge on any atom is -0.393 e. The van der Waals surface area contributed by atoms with E-state index in [1.54, 1.807) is 0 Å². The maximum absolute atomic E-state index is 9.71. The first kappa shape index (κ1) is 11.6. The van der Waals surface area contributed by atoms with Crippen molar-refractivity contribution in [3.05, 3.63) is 18.0 Å². The molecule has 0 radical (unpaired) electrons. The van der Waals surface area contributed by atoms with Gasteiger partial charge in [-0.05, 0) is 51.0 Å². The number of nitrogens with zero attached hydrogens (tertiary/aromatic N) is 2. The first-order chi connectivity index (χ1) is 7.58. The fourth-order valence-electron chi connectivity index (χ4n) is 2.56. The van der Waals surface area contributed by atoms with Crippen LogP contribution >= 0.6 is 0 Å². The van der Waals surface area contributed by atoms with Crippen molar-refractivity contribution in [3.63, 3.8) is 0 Å². The maximum atomic E-state index is 9.71. The van der Waals surface area contributed by atoms with Crippen LogP contribution in [0.25, 0.3) is 0 Å². The Bertz CT molecular complexity index is 345. The Hall–Kier alpha value is -0.830. The van der Waals surface area contributed by atoms with Gasteiger partial charge in [-0.15, -0.1) is 0 Å². The number of hydrogen-bond acceptors (Lipinski definition) is 2. The summed E-state index contributed by atoms with van der Waals surface area (Å²) in [5.74, 6) is 1.02. The fourth-order valence-corrected chi connectivity index (χ4v) is 2.56. The monoisotopic (exact) mass is 222 g/mol. The van der Waals surface area contributed by atoms with Crippen molar-refractivity contribution in [1.29, 1.82) is 0 Å². The predicted octanol–water partition coefficient (Wildman–Crippen LogP) is 2.41. The largest absolute Gasteiger partial charge is 0.393 e. The molecule has 1 aromatic rings. The predicted molar refractivity (Wildman–Crippen MR) is 64.2 cm³/mol. The van der Waals surface area contributed by atoms with Crippen molar-refractivity contribution in [2.45, 2.75) is 52.2 Å². The molecule has 0 amide bonds. The van der Waals surface area contributed by atoms with Crippen molar-refractivity contribution >= 4 is 0 Å². The molecule has 1 aliphatic rings. The fraction of sp³-hybridized carbons (Fsp3) is 0.769. The van der Waals surface area contributed by atoms with Gasteiger partial charge >= 0.3 is 0 Å². The Labute approximate surface area is 97.5 Å². The molecule has 0 saturated heterocycles. The highest BCUT2D eigenvalue weighted by molar-refractivity contribution is 5.02. The summed E-state index contributed by atoms with van der Waals surface area (Å²) < 4.78 is 2.01. The standard InChI is InChI=1S/C13H22N2O/c1-9(2)15-7-6-12(14-15)8-11-4-5-13(16)10(11)3/h6-7,9-11,13,16H,4-5,8H2,1-3H3. The summed E-state index contributed by atoms with van der Waals surface area (Å²) in [6.07, 6.45) is 5.05. The second-order valence-corrected chi connectivity index (χ2v) is 5.35. The third-order valence-electron chi connectivity index (χ3n) is 3.85. The lowest BCUT2D eigenvalue weighted by atomic mass is 9.92. The normalized spacial score (nSPS) is 30.2. The molecular formula is C13H22N2O. The zero-order valence-corrected chi connectivity index (χ0v) is 10.4. The van der Waals surface area contributed by atoms with Gasteiger partial charge in [0, 0.05) is 12.2 Å². The van der Waals surface area contributed by atoms with E-state index in [-0.39, 0.29) is 6.10 Å². The van der Waals surface area contributed by atoms with Crippen LogP contribution < -0.4 is 0 Å². The number of aliphatic hydroxyl groups excluding tert-OH is 1. The summed E-state index contributed by atoms with van der Waals surface area (Å²) in [5.41, 5.74) is 1.17. The summed E-state index contributed by atoms with van der Waals surface area (Å²) in [6.45, 7) is 6.43. The number of rotatable bonds is 3. The van der Waals surface area contributed by atoms with Gasteiger partial charge in [0.15, 0.2) is 0 Å². The topological polar surface area (TPSA) is 38.0 Å². The third-order valence-corrected chi connectivity index (χ3v) is 3.85. The van der Waals surface area contributed by atoms with Crippen molar-refractivity contribution in [1.82, 2.24) is 9.78 Å². The highest BCUT2D eigenvalue weighted by atomic mass is 16.3. The minimum atomic E-state index is -0.0998. The summed E-state index contributed by atoms with van der Waals surface area (Å²) in [5, 5.41) is 14.3. The molecule has 2 rings (SSSR count). The van der Waals surface area contributed by atoms with Crippen LogP contribution in [0, 0.1) is 11.8 Å². The van der Waals surface area contributed by atoms with Gasteiger partial charge in [0.05, 0.1) is 11.8 Å². The Kier molecular flexibility index (Phi) is 3.33. The average Bonchev–Trinajstić information content (AvgIpc) is 2.81. The molecule has 0 aromatic carbocycles. The Balaban J connectivity index is 1.98. The van der Waals surface area contributed by atoms with E-state index in [1.165, 1.54) is 5.69 Å². The van der Waals surface area contributed by atoms with Crippen molar-refractivity contribution in [2.24, 2.45) is 11.8 Å². The average molecular weight is 222 g/mol. The van der Waals surface area contributed by atoms with Crippen LogP contribution in [0.2, 0.25) is 0 Å². The Morgan fingerprint density at radius 3 is 2.75 bits per heavy atom. The van der Waals surface area contributed by atoms with E-state index in [1.807, 2.05) is 4.68 Å². The van der Waals surface area contributed by atoms with Gasteiger partial charge < -0.3 is 5.11 Å². The number of aliphatic hydroxyl groups is 1. The molecule has 1 aliphatic carbocycles. The van der Waals surface area contributed by atoms with Gasteiger partial charge in [-0.1, -0.05) is 6.92 Å². The van der Waals surface area contributed by atoms with Gasteiger partial charge in [0.2, 0.25) is 0 Å². The van der Waals surface area contributed by atoms with Gasteiger partial charge in [0.1, 0.15) is 0 Å². The molecule has 1 N–H and O–H groups in total. The van der Waals surface area contributed by atoms with E-state index in [9.17, 15) is 5.11 Å². The van der Waals surface area contributed by atoms with E-state index in [4.69, 9.17) is 0 Å². The number of hydrogen-bond donors (Lipinski definition) is 1. The molecule has 3 heteroatoms. The van der Waals surface area contributed by atoms with Crippen molar-refractivity contribution in [2.75, 3.05) is 0 Å². The first-order valence-corrected chi connectivity index (χ1v) is 6.30. The first-order valence-electron chi connectivity index (χ1n) is 6.30. The molecule has 0 aliphatic heterocycles. The maximum Gasteiger partial charge on any atom is 0.0627 e. The lowest BCUT2D eigenvalue weighted by Gasteiger charge is -2.16. The second kappa shape index (κ2) is 4.58. The zero-order chi connectivity index (χ0) is 11.7. The van der Waals surface area contributed by atoms with E-state index in [0.29, 0.717) is 17.9 Å². The summed E-state index contributed by atoms with van der Waals surface area (Å²) >= 11 is 0. The summed E-state index contributed by atoms with van der Waals surface area (Å²) in [6, 6.07) is 2.54. The van der Waals surface area contributed by atoms with Crippen LogP contribution in [0.4, 0.5) is 0 Å². The summed E-state index contributed by atoms with van der Waals surface area (Å²) in [4.78, 5) is 0. The van der Waals surface area contributed by atoms with Crippen LogP contribution in [0.5, 0.6) is 0 Å². The SMILES string of the molecule is CC1C(O)CCC1Cc1ccn(C(C)C)n1. The highest BCUT2D eigenvalue weighted by Crippen LogP contribution is 2.33. The zero-order valence-electron chi connectivity index (χ0n) is 10.4. The molecule has 1 fully saturated rings. The lowest BCUT2D eigenvalue weighted by Crippen LogP contribution is -2.17. The van der Waals surface area contributed by atoms with Gasteiger partial charge in [-0.3, -0.25) is 4.68 Å². The van der Waals surface area contributed by atoms with Crippen molar-refractivity contribution < 1.29 is 5.11 Å². The molecule has 1 heterocycles. The van der Waals surface area contributed by atoms with E-state index in [2.05, 4.69) is 38.1 Å². The summed E-state index contributed by atoms with van der Waals surface area (Å²) in [7, 11) is 0. The molecule has 1 saturated carbocycles. The molecule has 0 bridgehead atoms. The molecule has 3 atom stereocenters. The van der Waals surface area contributed by atoms with Crippen molar-refractivity contribution in [3.8, 4) is 0 Å². The minimum absolute atomic E-state index is 0.0998. The molecule has 3 nitrogen and oxygen atoms in total. The molecule has 3 unspecified atom stereocenters. The highest BCUT2D eigenvalue weighted by Gasteiger charge is 2.31. The van der Waals surface area contributed by atoms with Crippen LogP contribution in [0.1, 0.15) is 45.3 Å². The third kappa shape index (κ3) is 2.29. The molecule has 0 spiro atoms. The molecule has 16 heavy (non-hydrogen) atoms. The second-order valence-electron chi connectivity index (χ2n) is 5.35. The quantitative estimate of drug-likeness (QED) is 0.853. The van der Waals surface area contributed by atoms with Gasteiger partial charge in [-0.2, -0.15) is 5.10 Å². The Morgan fingerprint density at radius 2 is 2.25 bits per heavy atom. The molecule has 90 valence electrons. The smallest absolute Gasteiger partial charge is 0.0627 e. The lowest BCUT2D eigenvalue weighted by molar-refractivity contribution is 0.127. The van der Waals surface area contributed by atoms with Crippen LogP contribution in [0.3, 0.4) is 0 Å². The number of aromatic nitrogens is 2. The van der Waals surface area contributed by atoms with Gasteiger partial charge in [-0.25, -0.2) is 0 Å². The van der Waals surface area contributed by atoms with E-state index in [0.717, 1.165) is 19.3 Å². The molecular weight excluding hydrogens is 200 g/mol. The van der Waals surface area contributed by atoms with Crippen LogP contribution in [-0.2, 0) is 6.42 Å². The van der Waals surface area contributed by atoms with E-state index >= 15 is 0 Å². The van der Waals surface area contributed by atoms with Crippen LogP contribution in [-0.4, -0.2) is 21.0 Å². The Morgan fingerprint density at radius 1 is 1.50 bits per heavy atom. The van der Waals surface area contributed by atoms with Crippen LogP contribution in [0.15, 0.2) is 12.3 Å². The van der Waals surface area contributed by atoms with E-state index < -0.39 is 0 Å².